The van der Waals surface area contributed by atoms with Crippen LogP contribution in [0.5, 0.6) is 0 Å². The van der Waals surface area contributed by atoms with Crippen LogP contribution in [-0.4, -0.2) is 11.7 Å². The number of nitrogens with one attached hydrogen (secondary N) is 1. The van der Waals surface area contributed by atoms with Crippen molar-refractivity contribution in [2.24, 2.45) is 5.73 Å². The third-order valence-corrected chi connectivity index (χ3v) is 4.81. The molecule has 110 valence electrons. The van der Waals surface area contributed by atoms with Crippen molar-refractivity contribution in [1.82, 2.24) is 0 Å². The number of para-hydroxylation sites is 1. The number of primary amides is 1. The maximum atomic E-state index is 10.9. The van der Waals surface area contributed by atoms with Crippen LogP contribution in [0.25, 0.3) is 0 Å². The molecule has 6 heteroatoms. The Bertz CT molecular complexity index is 651. The molecule has 0 saturated heterocycles. The molecule has 0 aliphatic carbocycles. The summed E-state index contributed by atoms with van der Waals surface area (Å²) in [5.41, 5.74) is 7.27. The van der Waals surface area contributed by atoms with Crippen LogP contribution < -0.4 is 11.1 Å². The molecule has 21 heavy (non-hydrogen) atoms. The summed E-state index contributed by atoms with van der Waals surface area (Å²) in [5, 5.41) is 4.06. The SMILES string of the molecule is NC(=O)CSc1ccccc1NCc1ccc(Cl)cc1Br. The van der Waals surface area contributed by atoms with E-state index in [9.17, 15) is 4.79 Å². The Kier molecular flexibility index (Phi) is 5.96. The van der Waals surface area contributed by atoms with E-state index in [0.717, 1.165) is 20.6 Å². The van der Waals surface area contributed by atoms with Gasteiger partial charge < -0.3 is 11.1 Å². The van der Waals surface area contributed by atoms with Crippen molar-refractivity contribution in [2.75, 3.05) is 11.1 Å². The first kappa shape index (κ1) is 16.2. The van der Waals surface area contributed by atoms with Gasteiger partial charge in [0, 0.05) is 26.6 Å². The van der Waals surface area contributed by atoms with Gasteiger partial charge in [-0.15, -0.1) is 11.8 Å². The van der Waals surface area contributed by atoms with Crippen LogP contribution in [0, 0.1) is 0 Å². The molecule has 0 aliphatic heterocycles. The molecule has 0 aliphatic rings. The van der Waals surface area contributed by atoms with Gasteiger partial charge in [0.15, 0.2) is 0 Å². The predicted molar refractivity (Wildman–Crippen MR) is 92.8 cm³/mol. The molecule has 3 nitrogen and oxygen atoms in total. The van der Waals surface area contributed by atoms with E-state index in [1.807, 2.05) is 42.5 Å². The molecule has 1 amide bonds. The molecule has 3 N–H and O–H groups in total. The molecule has 2 rings (SSSR count). The minimum atomic E-state index is -0.324. The third kappa shape index (κ3) is 4.95. The van der Waals surface area contributed by atoms with Gasteiger partial charge in [0.25, 0.3) is 0 Å². The zero-order chi connectivity index (χ0) is 15.2. The number of hydrogen-bond acceptors (Lipinski definition) is 3. The Morgan fingerprint density at radius 1 is 1.29 bits per heavy atom. The lowest BCUT2D eigenvalue weighted by atomic mass is 10.2. The van der Waals surface area contributed by atoms with Crippen LogP contribution in [0.4, 0.5) is 5.69 Å². The molecule has 2 aromatic rings. The Hall–Kier alpha value is -1.17. The minimum Gasteiger partial charge on any atom is -0.380 e. The van der Waals surface area contributed by atoms with E-state index in [-0.39, 0.29) is 11.7 Å². The predicted octanol–water partition coefficient (Wildman–Crippen LogP) is 4.29. The van der Waals surface area contributed by atoms with Crippen LogP contribution >= 0.6 is 39.3 Å². The highest BCUT2D eigenvalue weighted by molar-refractivity contribution is 9.10. The highest BCUT2D eigenvalue weighted by atomic mass is 79.9. The Morgan fingerprint density at radius 3 is 2.76 bits per heavy atom. The first-order chi connectivity index (χ1) is 10.1. The fourth-order valence-electron chi connectivity index (χ4n) is 1.74. The van der Waals surface area contributed by atoms with Crippen LogP contribution in [0.15, 0.2) is 51.8 Å². The number of rotatable bonds is 6. The Morgan fingerprint density at radius 2 is 2.05 bits per heavy atom. The molecule has 0 radical (unpaired) electrons. The van der Waals surface area contributed by atoms with E-state index in [2.05, 4.69) is 21.2 Å². The van der Waals surface area contributed by atoms with Gasteiger partial charge in [-0.1, -0.05) is 45.7 Å². The quantitative estimate of drug-likeness (QED) is 0.729. The van der Waals surface area contributed by atoms with Gasteiger partial charge in [-0.25, -0.2) is 0 Å². The molecule has 2 aromatic carbocycles. The first-order valence-corrected chi connectivity index (χ1v) is 8.40. The average Bonchev–Trinajstić information content (AvgIpc) is 2.45. The number of thioether (sulfide) groups is 1. The van der Waals surface area contributed by atoms with Crippen molar-refractivity contribution in [3.63, 3.8) is 0 Å². The highest BCUT2D eigenvalue weighted by Gasteiger charge is 2.06. The lowest BCUT2D eigenvalue weighted by molar-refractivity contribution is -0.115. The van der Waals surface area contributed by atoms with E-state index in [4.69, 9.17) is 17.3 Å². The number of hydrogen-bond donors (Lipinski definition) is 2. The van der Waals surface area contributed by atoms with Gasteiger partial charge in [-0.05, 0) is 29.8 Å². The molecule has 0 spiro atoms. The van der Waals surface area contributed by atoms with Crippen LogP contribution in [0.3, 0.4) is 0 Å². The van der Waals surface area contributed by atoms with Crippen LogP contribution in [0.2, 0.25) is 5.02 Å². The maximum Gasteiger partial charge on any atom is 0.227 e. The van der Waals surface area contributed by atoms with Crippen LogP contribution in [-0.2, 0) is 11.3 Å². The van der Waals surface area contributed by atoms with E-state index in [0.29, 0.717) is 11.6 Å². The molecular formula is C15H14BrClN2OS. The van der Waals surface area contributed by atoms with Crippen molar-refractivity contribution in [3.8, 4) is 0 Å². The Balaban J connectivity index is 2.07. The summed E-state index contributed by atoms with van der Waals surface area (Å²) in [4.78, 5) is 11.9. The van der Waals surface area contributed by atoms with Crippen molar-refractivity contribution in [2.45, 2.75) is 11.4 Å². The van der Waals surface area contributed by atoms with Crippen molar-refractivity contribution < 1.29 is 4.79 Å². The van der Waals surface area contributed by atoms with Gasteiger partial charge in [0.05, 0.1) is 5.75 Å². The second kappa shape index (κ2) is 7.73. The molecule has 0 unspecified atom stereocenters. The second-order valence-corrected chi connectivity index (χ2v) is 6.65. The van der Waals surface area contributed by atoms with Gasteiger partial charge >= 0.3 is 0 Å². The van der Waals surface area contributed by atoms with Gasteiger partial charge in [0.1, 0.15) is 0 Å². The van der Waals surface area contributed by atoms with Crippen molar-refractivity contribution in [3.05, 3.63) is 57.5 Å². The smallest absolute Gasteiger partial charge is 0.227 e. The standard InChI is InChI=1S/C15H14BrClN2OS/c16-12-7-11(17)6-5-10(12)8-19-13-3-1-2-4-14(13)21-9-15(18)20/h1-7,19H,8-9H2,(H2,18,20). The second-order valence-electron chi connectivity index (χ2n) is 4.34. The monoisotopic (exact) mass is 384 g/mol. The summed E-state index contributed by atoms with van der Waals surface area (Å²) in [7, 11) is 0. The highest BCUT2D eigenvalue weighted by Crippen LogP contribution is 2.28. The number of amides is 1. The lowest BCUT2D eigenvalue weighted by Crippen LogP contribution is -2.13. The summed E-state index contributed by atoms with van der Waals surface area (Å²) in [6.07, 6.45) is 0. The molecule has 0 heterocycles. The molecular weight excluding hydrogens is 372 g/mol. The molecule has 0 atom stereocenters. The summed E-state index contributed by atoms with van der Waals surface area (Å²) < 4.78 is 0.963. The van der Waals surface area contributed by atoms with Gasteiger partial charge in [-0.2, -0.15) is 0 Å². The largest absolute Gasteiger partial charge is 0.380 e. The number of nitrogens with two attached hydrogens (primary N) is 1. The topological polar surface area (TPSA) is 55.1 Å². The van der Waals surface area contributed by atoms with Crippen molar-refractivity contribution >= 4 is 50.9 Å². The van der Waals surface area contributed by atoms with E-state index in [1.54, 1.807) is 0 Å². The molecule has 0 bridgehead atoms. The maximum absolute atomic E-state index is 10.9. The van der Waals surface area contributed by atoms with Gasteiger partial charge in [0.2, 0.25) is 5.91 Å². The number of halogens is 2. The fraction of sp³-hybridized carbons (Fsp3) is 0.133. The van der Waals surface area contributed by atoms with E-state index < -0.39 is 0 Å². The molecule has 0 aromatic heterocycles. The minimum absolute atomic E-state index is 0.267. The summed E-state index contributed by atoms with van der Waals surface area (Å²) in [5.74, 6) is -0.0566. The summed E-state index contributed by atoms with van der Waals surface area (Å²) in [6.45, 7) is 0.659. The number of carbonyl (C=O) groups excluding carboxylic acids is 1. The number of anilines is 1. The summed E-state index contributed by atoms with van der Waals surface area (Å²) in [6, 6.07) is 13.5. The zero-order valence-corrected chi connectivity index (χ0v) is 14.3. The lowest BCUT2D eigenvalue weighted by Gasteiger charge is -2.12. The number of carbonyl (C=O) groups is 1. The third-order valence-electron chi connectivity index (χ3n) is 2.74. The summed E-state index contributed by atoms with van der Waals surface area (Å²) >= 11 is 10.9. The van der Waals surface area contributed by atoms with Crippen LogP contribution in [0.1, 0.15) is 5.56 Å². The molecule has 0 saturated carbocycles. The molecule has 0 fully saturated rings. The average molecular weight is 386 g/mol. The normalized spacial score (nSPS) is 10.4. The van der Waals surface area contributed by atoms with E-state index in [1.165, 1.54) is 11.8 Å². The van der Waals surface area contributed by atoms with Crippen molar-refractivity contribution in [1.29, 1.82) is 0 Å². The first-order valence-electron chi connectivity index (χ1n) is 6.24. The Labute approximate surface area is 141 Å². The fourth-order valence-corrected chi connectivity index (χ4v) is 3.33. The van der Waals surface area contributed by atoms with Gasteiger partial charge in [-0.3, -0.25) is 4.79 Å². The zero-order valence-electron chi connectivity index (χ0n) is 11.1. The van der Waals surface area contributed by atoms with E-state index >= 15 is 0 Å². The number of benzene rings is 2.